The predicted molar refractivity (Wildman–Crippen MR) is 105 cm³/mol. The number of nitrogens with one attached hydrogen (secondary N) is 1. The maximum absolute atomic E-state index is 12.2. The highest BCUT2D eigenvalue weighted by Crippen LogP contribution is 2.33. The number of hydrogen-bond acceptors (Lipinski definition) is 5. The van der Waals surface area contributed by atoms with E-state index in [0.717, 1.165) is 0 Å². The highest BCUT2D eigenvalue weighted by molar-refractivity contribution is 8.18. The third-order valence-electron chi connectivity index (χ3n) is 3.28. The lowest BCUT2D eigenvalue weighted by Crippen LogP contribution is -2.19. The number of rotatable bonds is 4. The number of thioether (sulfide) groups is 1. The van der Waals surface area contributed by atoms with E-state index < -0.39 is 0 Å². The summed E-state index contributed by atoms with van der Waals surface area (Å²) in [6, 6.07) is 14.0. The van der Waals surface area contributed by atoms with Crippen LogP contribution in [0.25, 0.3) is 6.08 Å². The molecule has 5 nitrogen and oxygen atoms in total. The Hall–Kier alpha value is -2.46. The van der Waals surface area contributed by atoms with Gasteiger partial charge in [-0.3, -0.25) is 4.79 Å². The normalized spacial score (nSPS) is 16.6. The summed E-state index contributed by atoms with van der Waals surface area (Å²) in [5.74, 6) is 0.259. The Morgan fingerprint density at radius 2 is 2.08 bits per heavy atom. The van der Waals surface area contributed by atoms with E-state index in [9.17, 15) is 4.79 Å². The number of halogens is 2. The summed E-state index contributed by atoms with van der Waals surface area (Å²) in [5.41, 5.74) is 1.21. The van der Waals surface area contributed by atoms with Crippen LogP contribution in [0.3, 0.4) is 0 Å². The summed E-state index contributed by atoms with van der Waals surface area (Å²) in [7, 11) is 0. The van der Waals surface area contributed by atoms with Crippen molar-refractivity contribution in [3.63, 3.8) is 0 Å². The molecule has 1 heterocycles. The van der Waals surface area contributed by atoms with E-state index >= 15 is 0 Å². The van der Waals surface area contributed by atoms with Crippen LogP contribution in [-0.4, -0.2) is 17.7 Å². The molecule has 1 saturated heterocycles. The van der Waals surface area contributed by atoms with Crippen molar-refractivity contribution in [2.75, 3.05) is 6.61 Å². The first-order valence-electron chi connectivity index (χ1n) is 7.40. The van der Waals surface area contributed by atoms with Gasteiger partial charge in [0.05, 0.1) is 15.6 Å². The number of carbonyl (C=O) groups is 1. The lowest BCUT2D eigenvalue weighted by Gasteiger charge is -2.05. The summed E-state index contributed by atoms with van der Waals surface area (Å²) >= 11 is 13.2. The van der Waals surface area contributed by atoms with Crippen LogP contribution < -0.4 is 10.1 Å². The summed E-state index contributed by atoms with van der Waals surface area (Å²) in [4.78, 5) is 17.0. The van der Waals surface area contributed by atoms with E-state index in [0.29, 0.717) is 37.1 Å². The Balaban J connectivity index is 1.85. The first kappa shape index (κ1) is 18.3. The average molecular weight is 404 g/mol. The molecule has 0 atom stereocenters. The number of carbonyl (C=O) groups excluding carboxylic acids is 1. The molecular formula is C18H11Cl2N3O2S. The maximum Gasteiger partial charge on any atom is 0.264 e. The van der Waals surface area contributed by atoms with E-state index in [1.54, 1.807) is 42.5 Å². The first-order chi connectivity index (χ1) is 12.6. The van der Waals surface area contributed by atoms with Crippen molar-refractivity contribution in [2.24, 2.45) is 4.99 Å². The molecule has 1 fully saturated rings. The molecule has 2 aromatic carbocycles. The van der Waals surface area contributed by atoms with Gasteiger partial charge in [-0.15, -0.1) is 0 Å². The molecule has 0 radical (unpaired) electrons. The molecule has 130 valence electrons. The molecule has 1 aliphatic rings. The highest BCUT2D eigenvalue weighted by Gasteiger charge is 2.24. The fraction of sp³-hybridized carbons (Fsp3) is 0.0556. The zero-order valence-electron chi connectivity index (χ0n) is 13.2. The Labute approximate surface area is 164 Å². The minimum absolute atomic E-state index is 0.0682. The number of hydrogen-bond donors (Lipinski definition) is 1. The third kappa shape index (κ3) is 4.38. The number of ether oxygens (including phenoxy) is 1. The Kier molecular flexibility index (Phi) is 5.84. The molecule has 0 spiro atoms. The molecule has 1 aliphatic heterocycles. The van der Waals surface area contributed by atoms with Crippen molar-refractivity contribution in [2.45, 2.75) is 0 Å². The number of amidine groups is 1. The molecule has 1 N–H and O–H groups in total. The number of nitriles is 1. The molecule has 0 bridgehead atoms. The van der Waals surface area contributed by atoms with Gasteiger partial charge in [-0.25, -0.2) is 4.99 Å². The largest absolute Gasteiger partial charge is 0.478 e. The average Bonchev–Trinajstić information content (AvgIpc) is 2.96. The van der Waals surface area contributed by atoms with Crippen LogP contribution in [0.2, 0.25) is 10.0 Å². The van der Waals surface area contributed by atoms with Crippen molar-refractivity contribution in [1.29, 1.82) is 5.26 Å². The third-order valence-corrected chi connectivity index (χ3v) is 4.73. The quantitative estimate of drug-likeness (QED) is 0.744. The number of amides is 1. The molecule has 1 amide bonds. The van der Waals surface area contributed by atoms with Crippen molar-refractivity contribution in [1.82, 2.24) is 5.32 Å². The van der Waals surface area contributed by atoms with Gasteiger partial charge in [0.15, 0.2) is 11.8 Å². The molecule has 0 unspecified atom stereocenters. The summed E-state index contributed by atoms with van der Waals surface area (Å²) in [5, 5.41) is 12.7. The summed E-state index contributed by atoms with van der Waals surface area (Å²) < 4.78 is 5.37. The van der Waals surface area contributed by atoms with E-state index in [2.05, 4.69) is 10.3 Å². The Bertz CT molecular complexity index is 967. The summed E-state index contributed by atoms with van der Waals surface area (Å²) in [6.07, 6.45) is 1.69. The van der Waals surface area contributed by atoms with Crippen molar-refractivity contribution in [3.8, 4) is 11.8 Å². The SMILES string of the molecule is N#CCOc1ccccc1/C=C1\SC(=Nc2ccc(Cl)cc2Cl)NC1=O. The van der Waals surface area contributed by atoms with Crippen molar-refractivity contribution < 1.29 is 9.53 Å². The molecule has 0 saturated carbocycles. The highest BCUT2D eigenvalue weighted by atomic mass is 35.5. The molecule has 26 heavy (non-hydrogen) atoms. The lowest BCUT2D eigenvalue weighted by atomic mass is 10.2. The fourth-order valence-corrected chi connectivity index (χ4v) is 3.42. The van der Waals surface area contributed by atoms with Gasteiger partial charge in [-0.2, -0.15) is 5.26 Å². The lowest BCUT2D eigenvalue weighted by molar-refractivity contribution is -0.115. The standard InChI is InChI=1S/C18H11Cl2N3O2S/c19-12-5-6-14(13(20)10-12)22-18-23-17(24)16(26-18)9-11-3-1-2-4-15(11)25-8-7-21/h1-6,9-10H,8H2,(H,22,23,24)/b16-9-. The molecular weight excluding hydrogens is 393 g/mol. The van der Waals surface area contributed by atoms with Crippen LogP contribution in [0.5, 0.6) is 5.75 Å². The zero-order chi connectivity index (χ0) is 18.5. The molecule has 3 rings (SSSR count). The van der Waals surface area contributed by atoms with Gasteiger partial charge in [0.25, 0.3) is 5.91 Å². The second kappa shape index (κ2) is 8.28. The minimum atomic E-state index is -0.270. The minimum Gasteiger partial charge on any atom is -0.478 e. The van der Waals surface area contributed by atoms with Gasteiger partial charge in [0, 0.05) is 10.6 Å². The van der Waals surface area contributed by atoms with Crippen LogP contribution in [0.1, 0.15) is 5.56 Å². The predicted octanol–water partition coefficient (Wildman–Crippen LogP) is 4.79. The second-order valence-electron chi connectivity index (χ2n) is 5.06. The Morgan fingerprint density at radius 3 is 2.85 bits per heavy atom. The first-order valence-corrected chi connectivity index (χ1v) is 8.97. The van der Waals surface area contributed by atoms with Gasteiger partial charge in [-0.05, 0) is 42.1 Å². The van der Waals surface area contributed by atoms with Crippen LogP contribution >= 0.6 is 35.0 Å². The van der Waals surface area contributed by atoms with Crippen LogP contribution in [-0.2, 0) is 4.79 Å². The van der Waals surface area contributed by atoms with Gasteiger partial charge in [-0.1, -0.05) is 41.4 Å². The van der Waals surface area contributed by atoms with Crippen LogP contribution in [0.4, 0.5) is 5.69 Å². The van der Waals surface area contributed by atoms with Crippen molar-refractivity contribution in [3.05, 3.63) is 63.0 Å². The number of aliphatic imine (C=N–C) groups is 1. The van der Waals surface area contributed by atoms with Gasteiger partial charge < -0.3 is 10.1 Å². The van der Waals surface area contributed by atoms with E-state index in [1.807, 2.05) is 12.1 Å². The molecule has 0 aliphatic carbocycles. The Morgan fingerprint density at radius 1 is 1.27 bits per heavy atom. The molecule has 8 heteroatoms. The molecule has 0 aromatic heterocycles. The number of benzene rings is 2. The van der Waals surface area contributed by atoms with E-state index in [1.165, 1.54) is 11.8 Å². The molecule has 2 aromatic rings. The van der Waals surface area contributed by atoms with E-state index in [4.69, 9.17) is 33.2 Å². The second-order valence-corrected chi connectivity index (χ2v) is 6.94. The fourth-order valence-electron chi connectivity index (χ4n) is 2.14. The van der Waals surface area contributed by atoms with Crippen LogP contribution in [0, 0.1) is 11.3 Å². The van der Waals surface area contributed by atoms with Crippen LogP contribution in [0.15, 0.2) is 52.4 Å². The smallest absolute Gasteiger partial charge is 0.264 e. The van der Waals surface area contributed by atoms with Gasteiger partial charge >= 0.3 is 0 Å². The van der Waals surface area contributed by atoms with Gasteiger partial charge in [0.2, 0.25) is 0 Å². The summed E-state index contributed by atoms with van der Waals surface area (Å²) in [6.45, 7) is -0.0682. The number of nitrogens with zero attached hydrogens (tertiary/aromatic N) is 2. The zero-order valence-corrected chi connectivity index (χ0v) is 15.5. The topological polar surface area (TPSA) is 74.5 Å². The number of para-hydroxylation sites is 1. The monoisotopic (exact) mass is 403 g/mol. The maximum atomic E-state index is 12.2. The van der Waals surface area contributed by atoms with E-state index in [-0.39, 0.29) is 12.5 Å². The van der Waals surface area contributed by atoms with Gasteiger partial charge in [0.1, 0.15) is 11.8 Å². The van der Waals surface area contributed by atoms with Crippen molar-refractivity contribution >= 4 is 57.8 Å².